The van der Waals surface area contributed by atoms with Gasteiger partial charge in [0.15, 0.2) is 0 Å². The van der Waals surface area contributed by atoms with Gasteiger partial charge in [-0.3, -0.25) is 14.6 Å². The lowest BCUT2D eigenvalue weighted by Crippen LogP contribution is -2.41. The zero-order valence-corrected chi connectivity index (χ0v) is 13.3. The first-order valence-electron chi connectivity index (χ1n) is 8.02. The van der Waals surface area contributed by atoms with E-state index in [9.17, 15) is 9.59 Å². The first kappa shape index (κ1) is 16.4. The van der Waals surface area contributed by atoms with Gasteiger partial charge in [0.05, 0.1) is 19.7 Å². The van der Waals surface area contributed by atoms with Crippen LogP contribution < -0.4 is 4.74 Å². The maximum Gasteiger partial charge on any atom is 0.270 e. The number of aliphatic hydroxyl groups excluding tert-OH is 1. The van der Waals surface area contributed by atoms with E-state index in [1.165, 1.54) is 5.01 Å². The number of likely N-dealkylation sites (tertiary alicyclic amines) is 1. The van der Waals surface area contributed by atoms with Gasteiger partial charge < -0.3 is 14.7 Å². The molecule has 1 aromatic heterocycles. The average molecular weight is 332 g/mol. The normalized spacial score (nSPS) is 21.0. The molecule has 0 saturated carbocycles. The number of aliphatic hydroxyl groups is 1. The number of β-amino-alcohol motifs (C(OH)–C–C–N with tert-alkyl or cyclic N) is 1. The van der Waals surface area contributed by atoms with Gasteiger partial charge in [0.2, 0.25) is 5.91 Å². The van der Waals surface area contributed by atoms with Crippen LogP contribution in [0.5, 0.6) is 5.75 Å². The minimum absolute atomic E-state index is 0.0595. The van der Waals surface area contributed by atoms with Crippen LogP contribution in [0.25, 0.3) is 0 Å². The number of pyridine rings is 1. The highest BCUT2D eigenvalue weighted by Gasteiger charge is 2.32. The second-order valence-corrected chi connectivity index (χ2v) is 5.75. The first-order chi connectivity index (χ1) is 11.7. The number of amides is 2. The molecule has 0 aromatic carbocycles. The van der Waals surface area contributed by atoms with Gasteiger partial charge >= 0.3 is 0 Å². The molecule has 2 aliphatic rings. The molecule has 1 aromatic rings. The summed E-state index contributed by atoms with van der Waals surface area (Å²) in [5, 5.41) is 14.3. The third-order valence-corrected chi connectivity index (χ3v) is 4.05. The van der Waals surface area contributed by atoms with E-state index in [4.69, 9.17) is 9.84 Å². The number of hydrogen-bond acceptors (Lipinski definition) is 6. The lowest BCUT2D eigenvalue weighted by Gasteiger charge is -2.24. The minimum Gasteiger partial charge on any atom is -0.488 e. The molecule has 1 fully saturated rings. The van der Waals surface area contributed by atoms with E-state index in [-0.39, 0.29) is 37.5 Å². The summed E-state index contributed by atoms with van der Waals surface area (Å²) >= 11 is 0. The Labute approximate surface area is 139 Å². The smallest absolute Gasteiger partial charge is 0.270 e. The van der Waals surface area contributed by atoms with Crippen molar-refractivity contribution >= 4 is 17.5 Å². The van der Waals surface area contributed by atoms with Crippen molar-refractivity contribution in [1.29, 1.82) is 0 Å². The Balaban J connectivity index is 1.60. The molecule has 24 heavy (non-hydrogen) atoms. The van der Waals surface area contributed by atoms with Crippen molar-refractivity contribution in [3.8, 4) is 5.75 Å². The van der Waals surface area contributed by atoms with Crippen LogP contribution in [-0.4, -0.2) is 69.9 Å². The van der Waals surface area contributed by atoms with Crippen molar-refractivity contribution < 1.29 is 19.4 Å². The molecule has 3 rings (SSSR count). The summed E-state index contributed by atoms with van der Waals surface area (Å²) in [6, 6.07) is 3.57. The van der Waals surface area contributed by atoms with Gasteiger partial charge in [-0.2, -0.15) is 5.10 Å². The van der Waals surface area contributed by atoms with Gasteiger partial charge in [-0.15, -0.1) is 0 Å². The third-order valence-electron chi connectivity index (χ3n) is 4.05. The van der Waals surface area contributed by atoms with Crippen LogP contribution in [0.3, 0.4) is 0 Å². The zero-order chi connectivity index (χ0) is 16.9. The van der Waals surface area contributed by atoms with Crippen LogP contribution in [-0.2, 0) is 9.59 Å². The molecule has 1 saturated heterocycles. The highest BCUT2D eigenvalue weighted by molar-refractivity contribution is 6.39. The standard InChI is InChI=1S/C16H20N4O4/c21-10-9-20-15(22)2-1-14(18-20)16(23)19-8-5-13(11-19)24-12-3-6-17-7-4-12/h3-4,6-7,13,21H,1-2,5,8-11H2/t13-/m1/s1. The van der Waals surface area contributed by atoms with Crippen molar-refractivity contribution in [3.05, 3.63) is 24.5 Å². The molecule has 2 aliphatic heterocycles. The second kappa shape index (κ2) is 7.39. The molecule has 0 aliphatic carbocycles. The number of ether oxygens (including phenoxy) is 1. The van der Waals surface area contributed by atoms with Gasteiger partial charge in [0, 0.05) is 38.2 Å². The fourth-order valence-electron chi connectivity index (χ4n) is 2.83. The van der Waals surface area contributed by atoms with Crippen LogP contribution in [0.4, 0.5) is 0 Å². The van der Waals surface area contributed by atoms with Crippen molar-refractivity contribution in [2.45, 2.75) is 25.4 Å². The molecule has 3 heterocycles. The molecule has 128 valence electrons. The Bertz CT molecular complexity index is 634. The van der Waals surface area contributed by atoms with Crippen LogP contribution in [0.2, 0.25) is 0 Å². The molecule has 0 spiro atoms. The SMILES string of the molecule is O=C(C1=NN(CCO)C(=O)CC1)N1CC[C@@H](Oc2ccncc2)C1. The average Bonchev–Trinajstić information content (AvgIpc) is 3.06. The van der Waals surface area contributed by atoms with Crippen molar-refractivity contribution in [1.82, 2.24) is 14.9 Å². The fraction of sp³-hybridized carbons (Fsp3) is 0.500. The highest BCUT2D eigenvalue weighted by Crippen LogP contribution is 2.19. The Hall–Kier alpha value is -2.48. The maximum atomic E-state index is 12.6. The summed E-state index contributed by atoms with van der Waals surface area (Å²) in [7, 11) is 0. The molecule has 2 amide bonds. The van der Waals surface area contributed by atoms with Crippen LogP contribution in [0, 0.1) is 0 Å². The quantitative estimate of drug-likeness (QED) is 0.821. The van der Waals surface area contributed by atoms with Gasteiger partial charge in [-0.1, -0.05) is 0 Å². The van der Waals surface area contributed by atoms with E-state index >= 15 is 0 Å². The van der Waals surface area contributed by atoms with E-state index in [0.717, 1.165) is 12.2 Å². The summed E-state index contributed by atoms with van der Waals surface area (Å²) in [4.78, 5) is 29.9. The molecule has 1 atom stereocenters. The Kier molecular flexibility index (Phi) is 5.05. The zero-order valence-electron chi connectivity index (χ0n) is 13.3. The van der Waals surface area contributed by atoms with Gasteiger partial charge in [0.25, 0.3) is 5.91 Å². The molecule has 0 unspecified atom stereocenters. The summed E-state index contributed by atoms with van der Waals surface area (Å²) in [6.45, 7) is 1.03. The number of hydrazone groups is 1. The Morgan fingerprint density at radius 3 is 2.88 bits per heavy atom. The van der Waals surface area contributed by atoms with Crippen LogP contribution >= 0.6 is 0 Å². The lowest BCUT2D eigenvalue weighted by atomic mass is 10.1. The molecule has 1 N–H and O–H groups in total. The number of rotatable bonds is 5. The lowest BCUT2D eigenvalue weighted by molar-refractivity contribution is -0.132. The number of nitrogens with zero attached hydrogens (tertiary/aromatic N) is 4. The topological polar surface area (TPSA) is 95.3 Å². The van der Waals surface area contributed by atoms with Gasteiger partial charge in [-0.05, 0) is 12.1 Å². The largest absolute Gasteiger partial charge is 0.488 e. The summed E-state index contributed by atoms with van der Waals surface area (Å²) in [5.74, 6) is 0.409. The molecular formula is C16H20N4O4. The maximum absolute atomic E-state index is 12.6. The van der Waals surface area contributed by atoms with Crippen molar-refractivity contribution in [3.63, 3.8) is 0 Å². The predicted octanol–water partition coefficient (Wildman–Crippen LogP) is 0.0320. The van der Waals surface area contributed by atoms with E-state index in [1.54, 1.807) is 29.4 Å². The number of carbonyl (C=O) groups excluding carboxylic acids is 2. The predicted molar refractivity (Wildman–Crippen MR) is 85.3 cm³/mol. The summed E-state index contributed by atoms with van der Waals surface area (Å²) in [6.07, 6.45) is 4.60. The minimum atomic E-state index is -0.178. The molecule has 8 nitrogen and oxygen atoms in total. The molecule has 0 radical (unpaired) electrons. The van der Waals surface area contributed by atoms with Crippen molar-refractivity contribution in [2.24, 2.45) is 5.10 Å². The summed E-state index contributed by atoms with van der Waals surface area (Å²) in [5.41, 5.74) is 0.368. The highest BCUT2D eigenvalue weighted by atomic mass is 16.5. The fourth-order valence-corrected chi connectivity index (χ4v) is 2.83. The Morgan fingerprint density at radius 1 is 1.33 bits per heavy atom. The molecule has 8 heteroatoms. The Morgan fingerprint density at radius 2 is 2.12 bits per heavy atom. The number of carbonyl (C=O) groups is 2. The monoisotopic (exact) mass is 332 g/mol. The molecule has 0 bridgehead atoms. The van der Waals surface area contributed by atoms with Crippen LogP contribution in [0.1, 0.15) is 19.3 Å². The van der Waals surface area contributed by atoms with E-state index in [2.05, 4.69) is 10.1 Å². The summed E-state index contributed by atoms with van der Waals surface area (Å²) < 4.78 is 5.85. The molecular weight excluding hydrogens is 312 g/mol. The van der Waals surface area contributed by atoms with Gasteiger partial charge in [0.1, 0.15) is 17.6 Å². The van der Waals surface area contributed by atoms with Crippen LogP contribution in [0.15, 0.2) is 29.6 Å². The van der Waals surface area contributed by atoms with E-state index in [1.807, 2.05) is 0 Å². The van der Waals surface area contributed by atoms with Gasteiger partial charge in [-0.25, -0.2) is 5.01 Å². The third kappa shape index (κ3) is 3.70. The first-order valence-corrected chi connectivity index (χ1v) is 8.02. The van der Waals surface area contributed by atoms with E-state index < -0.39 is 0 Å². The van der Waals surface area contributed by atoms with Crippen molar-refractivity contribution in [2.75, 3.05) is 26.2 Å². The second-order valence-electron chi connectivity index (χ2n) is 5.75. The van der Waals surface area contributed by atoms with E-state index in [0.29, 0.717) is 25.2 Å². The number of aromatic nitrogens is 1. The number of hydrogen-bond donors (Lipinski definition) is 1.